The summed E-state index contributed by atoms with van der Waals surface area (Å²) in [7, 11) is 0. The van der Waals surface area contributed by atoms with Gasteiger partial charge in [0, 0.05) is 6.54 Å². The van der Waals surface area contributed by atoms with Gasteiger partial charge in [0.1, 0.15) is 10.8 Å². The Balaban J connectivity index is 2.73. The fourth-order valence-corrected chi connectivity index (χ4v) is 1.78. The lowest BCUT2D eigenvalue weighted by Crippen LogP contribution is -2.12. The second kappa shape index (κ2) is 6.48. The first-order valence-corrected chi connectivity index (χ1v) is 6.82. The van der Waals surface area contributed by atoms with Crippen molar-refractivity contribution >= 4 is 29.0 Å². The summed E-state index contributed by atoms with van der Waals surface area (Å²) in [6, 6.07) is 1.65. The zero-order chi connectivity index (χ0) is 13.8. The van der Waals surface area contributed by atoms with Crippen molar-refractivity contribution in [2.45, 2.75) is 34.1 Å². The summed E-state index contributed by atoms with van der Waals surface area (Å²) in [5.41, 5.74) is 0.226. The van der Waals surface area contributed by atoms with E-state index in [2.05, 4.69) is 31.1 Å². The maximum atomic E-state index is 6.05. The first-order chi connectivity index (χ1) is 8.33. The summed E-state index contributed by atoms with van der Waals surface area (Å²) in [6.07, 6.45) is 0.935. The summed E-state index contributed by atoms with van der Waals surface area (Å²) in [6.45, 7) is 9.80. The molecule has 18 heavy (non-hydrogen) atoms. The molecule has 0 aliphatic carbocycles. The third-order valence-corrected chi connectivity index (χ3v) is 2.89. The van der Waals surface area contributed by atoms with E-state index in [9.17, 15) is 0 Å². The molecule has 1 aromatic rings. The molecule has 0 radical (unpaired) electrons. The van der Waals surface area contributed by atoms with Gasteiger partial charge in [-0.1, -0.05) is 44.0 Å². The molecular weight excluding hydrogens is 271 g/mol. The molecule has 0 fully saturated rings. The van der Waals surface area contributed by atoms with Crippen LogP contribution in [0.25, 0.3) is 0 Å². The number of halogens is 2. The fraction of sp³-hybridized carbons (Fsp3) is 0.615. The number of pyridine rings is 1. The normalized spacial score (nSPS) is 11.4. The van der Waals surface area contributed by atoms with Crippen LogP contribution < -0.4 is 10.1 Å². The molecule has 0 saturated heterocycles. The van der Waals surface area contributed by atoms with E-state index in [4.69, 9.17) is 27.9 Å². The van der Waals surface area contributed by atoms with Gasteiger partial charge in [0.15, 0.2) is 0 Å². The Morgan fingerprint density at radius 1 is 1.28 bits per heavy atom. The smallest absolute Gasteiger partial charge is 0.234 e. The summed E-state index contributed by atoms with van der Waals surface area (Å²) < 4.78 is 5.61. The fourth-order valence-electron chi connectivity index (χ4n) is 1.30. The van der Waals surface area contributed by atoms with Crippen molar-refractivity contribution in [2.75, 3.05) is 18.5 Å². The molecule has 102 valence electrons. The van der Waals surface area contributed by atoms with Crippen LogP contribution in [-0.2, 0) is 0 Å². The molecule has 0 unspecified atom stereocenters. The zero-order valence-electron chi connectivity index (χ0n) is 11.3. The Morgan fingerprint density at radius 2 is 1.94 bits per heavy atom. The Hall–Kier alpha value is -0.670. The molecule has 0 amide bonds. The molecule has 1 rings (SSSR count). The summed E-state index contributed by atoms with van der Waals surface area (Å²) in [5.74, 6) is 1.04. The van der Waals surface area contributed by atoms with Crippen molar-refractivity contribution in [3.63, 3.8) is 0 Å². The molecule has 1 aromatic heterocycles. The molecule has 1 heterocycles. The molecule has 0 aliphatic heterocycles. The highest BCUT2D eigenvalue weighted by Crippen LogP contribution is 2.31. The number of hydrogen-bond acceptors (Lipinski definition) is 3. The van der Waals surface area contributed by atoms with Gasteiger partial charge in [0.2, 0.25) is 5.88 Å². The number of ether oxygens (including phenoxy) is 1. The molecule has 0 spiro atoms. The minimum absolute atomic E-state index is 0.226. The van der Waals surface area contributed by atoms with E-state index >= 15 is 0 Å². The highest BCUT2D eigenvalue weighted by atomic mass is 35.5. The molecule has 0 aliphatic rings. The minimum Gasteiger partial charge on any atom is -0.477 e. The number of anilines is 1. The summed E-state index contributed by atoms with van der Waals surface area (Å²) in [5, 5.41) is 4.01. The van der Waals surface area contributed by atoms with Crippen LogP contribution in [0.3, 0.4) is 0 Å². The van der Waals surface area contributed by atoms with Crippen molar-refractivity contribution in [1.82, 2.24) is 4.98 Å². The van der Waals surface area contributed by atoms with Crippen LogP contribution in [0.15, 0.2) is 6.07 Å². The van der Waals surface area contributed by atoms with Crippen LogP contribution >= 0.6 is 23.2 Å². The van der Waals surface area contributed by atoms with Crippen LogP contribution in [0.1, 0.15) is 34.1 Å². The number of nitrogens with one attached hydrogen (secondary N) is 1. The molecule has 5 heteroatoms. The van der Waals surface area contributed by atoms with Crippen molar-refractivity contribution in [3.8, 4) is 5.88 Å². The summed E-state index contributed by atoms with van der Waals surface area (Å²) >= 11 is 12.1. The van der Waals surface area contributed by atoms with Crippen LogP contribution in [0.5, 0.6) is 5.88 Å². The number of aromatic nitrogens is 1. The quantitative estimate of drug-likeness (QED) is 0.858. The van der Waals surface area contributed by atoms with Gasteiger partial charge in [-0.05, 0) is 24.8 Å². The van der Waals surface area contributed by atoms with E-state index in [1.54, 1.807) is 6.07 Å². The Bertz CT molecular complexity index is 403. The van der Waals surface area contributed by atoms with E-state index in [0.717, 1.165) is 13.0 Å². The van der Waals surface area contributed by atoms with Crippen LogP contribution in [0, 0.1) is 5.41 Å². The molecule has 1 N–H and O–H groups in total. The van der Waals surface area contributed by atoms with Gasteiger partial charge in [0.05, 0.1) is 11.6 Å². The third-order valence-electron chi connectivity index (χ3n) is 2.33. The number of rotatable bonds is 5. The zero-order valence-corrected chi connectivity index (χ0v) is 12.8. The Kier molecular flexibility index (Phi) is 5.54. The van der Waals surface area contributed by atoms with Crippen molar-refractivity contribution in [2.24, 2.45) is 5.41 Å². The van der Waals surface area contributed by atoms with E-state index in [-0.39, 0.29) is 5.41 Å². The van der Waals surface area contributed by atoms with Gasteiger partial charge in [-0.2, -0.15) is 4.98 Å². The lowest BCUT2D eigenvalue weighted by molar-refractivity contribution is 0.237. The largest absolute Gasteiger partial charge is 0.477 e. The van der Waals surface area contributed by atoms with Gasteiger partial charge < -0.3 is 10.1 Å². The first-order valence-electron chi connectivity index (χ1n) is 6.06. The van der Waals surface area contributed by atoms with Gasteiger partial charge in [-0.3, -0.25) is 0 Å². The van der Waals surface area contributed by atoms with Crippen LogP contribution in [0.2, 0.25) is 10.0 Å². The predicted octanol–water partition coefficient (Wildman–Crippen LogP) is 4.64. The number of nitrogens with zero attached hydrogens (tertiary/aromatic N) is 1. The molecule has 0 aromatic carbocycles. The van der Waals surface area contributed by atoms with Gasteiger partial charge in [-0.15, -0.1) is 0 Å². The second-order valence-electron chi connectivity index (χ2n) is 5.30. The lowest BCUT2D eigenvalue weighted by Gasteiger charge is -2.18. The van der Waals surface area contributed by atoms with E-state index in [1.165, 1.54) is 0 Å². The predicted molar refractivity (Wildman–Crippen MR) is 78.0 cm³/mol. The van der Waals surface area contributed by atoms with Crippen molar-refractivity contribution in [1.29, 1.82) is 0 Å². The van der Waals surface area contributed by atoms with Gasteiger partial charge in [0.25, 0.3) is 0 Å². The first kappa shape index (κ1) is 15.4. The lowest BCUT2D eigenvalue weighted by atomic mass is 9.93. The minimum atomic E-state index is 0.226. The molecular formula is C13H20Cl2N2O. The Morgan fingerprint density at radius 3 is 2.50 bits per heavy atom. The average Bonchev–Trinajstić information content (AvgIpc) is 2.23. The second-order valence-corrected chi connectivity index (χ2v) is 6.11. The average molecular weight is 291 g/mol. The molecule has 3 nitrogen and oxygen atoms in total. The van der Waals surface area contributed by atoms with Gasteiger partial charge in [-0.25, -0.2) is 0 Å². The number of hydrogen-bond donors (Lipinski definition) is 1. The van der Waals surface area contributed by atoms with Crippen molar-refractivity contribution in [3.05, 3.63) is 16.1 Å². The highest BCUT2D eigenvalue weighted by Gasteiger charge is 2.13. The monoisotopic (exact) mass is 290 g/mol. The third kappa shape index (κ3) is 4.91. The van der Waals surface area contributed by atoms with E-state index in [1.807, 2.05) is 6.92 Å². The maximum Gasteiger partial charge on any atom is 0.234 e. The molecule has 0 bridgehead atoms. The molecule has 0 saturated carbocycles. The Labute approximate surface area is 119 Å². The maximum absolute atomic E-state index is 6.05. The standard InChI is InChI=1S/C13H20Cl2N2O/c1-5-16-11-9(14)8-10(15)12(17-11)18-7-6-13(2,3)4/h8H,5-7H2,1-4H3,(H,16,17). The van der Waals surface area contributed by atoms with Crippen LogP contribution in [-0.4, -0.2) is 18.1 Å². The van der Waals surface area contributed by atoms with Crippen LogP contribution in [0.4, 0.5) is 5.82 Å². The molecule has 0 atom stereocenters. The highest BCUT2D eigenvalue weighted by molar-refractivity contribution is 6.36. The van der Waals surface area contributed by atoms with Crippen molar-refractivity contribution < 1.29 is 4.74 Å². The summed E-state index contributed by atoms with van der Waals surface area (Å²) in [4.78, 5) is 4.28. The van der Waals surface area contributed by atoms with E-state index < -0.39 is 0 Å². The SMILES string of the molecule is CCNc1nc(OCCC(C)(C)C)c(Cl)cc1Cl. The van der Waals surface area contributed by atoms with Gasteiger partial charge >= 0.3 is 0 Å². The van der Waals surface area contributed by atoms with E-state index in [0.29, 0.717) is 28.3 Å². The topological polar surface area (TPSA) is 34.2 Å².